The molecular weight excluding hydrogens is 431 g/mol. The van der Waals surface area contributed by atoms with Gasteiger partial charge in [-0.1, -0.05) is 41.8 Å². The molecule has 5 rings (SSSR count). The van der Waals surface area contributed by atoms with Gasteiger partial charge in [-0.05, 0) is 84.0 Å². The first kappa shape index (κ1) is 20.6. The fourth-order valence-electron chi connectivity index (χ4n) is 4.34. The van der Waals surface area contributed by atoms with Crippen LogP contribution in [0.4, 0.5) is 0 Å². The van der Waals surface area contributed by atoms with E-state index in [1.807, 2.05) is 41.1 Å². The Morgan fingerprint density at radius 1 is 0.968 bits per heavy atom. The number of benzene rings is 2. The molecule has 0 atom stereocenters. The number of imidazole rings is 1. The number of carbonyl (C=O) groups excluding carboxylic acids is 1. The van der Waals surface area contributed by atoms with Crippen LogP contribution in [0.2, 0.25) is 10.0 Å². The summed E-state index contributed by atoms with van der Waals surface area (Å²) in [4.78, 5) is 17.1. The summed E-state index contributed by atoms with van der Waals surface area (Å²) in [6.07, 6.45) is 9.48. The lowest BCUT2D eigenvalue weighted by molar-refractivity contribution is 0.0452. The number of ether oxygens (including phenoxy) is 1. The molecule has 0 saturated heterocycles. The average Bonchev–Trinajstić information content (AvgIpc) is 3.45. The number of halogens is 2. The maximum atomic E-state index is 12.9. The fraction of sp³-hybridized carbons (Fsp3) is 0.360. The maximum Gasteiger partial charge on any atom is 0.374 e. The number of aromatic nitrogens is 2. The van der Waals surface area contributed by atoms with Crippen molar-refractivity contribution < 1.29 is 9.53 Å². The van der Waals surface area contributed by atoms with Crippen molar-refractivity contribution in [1.29, 1.82) is 0 Å². The van der Waals surface area contributed by atoms with Crippen LogP contribution in [0, 0.1) is 0 Å². The summed E-state index contributed by atoms with van der Waals surface area (Å²) in [5.74, 6) is 1.00. The molecule has 0 bridgehead atoms. The normalized spacial score (nSPS) is 16.2. The number of carbonyl (C=O) groups is 1. The van der Waals surface area contributed by atoms with Crippen molar-refractivity contribution in [2.24, 2.45) is 0 Å². The molecule has 4 nitrogen and oxygen atoms in total. The summed E-state index contributed by atoms with van der Waals surface area (Å²) < 4.78 is 7.49. The zero-order valence-electron chi connectivity index (χ0n) is 17.2. The highest BCUT2D eigenvalue weighted by Crippen LogP contribution is 2.42. The molecule has 2 aromatic carbocycles. The lowest BCUT2D eigenvalue weighted by Crippen LogP contribution is -2.17. The summed E-state index contributed by atoms with van der Waals surface area (Å²) >= 11 is 12.4. The Kier molecular flexibility index (Phi) is 5.77. The Labute approximate surface area is 192 Å². The summed E-state index contributed by atoms with van der Waals surface area (Å²) in [6.45, 7) is 0.740. The van der Waals surface area contributed by atoms with Crippen molar-refractivity contribution in [1.82, 2.24) is 9.55 Å². The maximum absolute atomic E-state index is 12.9. The van der Waals surface area contributed by atoms with Crippen LogP contribution in [0.15, 0.2) is 48.8 Å². The molecule has 3 aromatic rings. The Morgan fingerprint density at radius 3 is 2.26 bits per heavy atom. The molecule has 160 valence electrons. The Morgan fingerprint density at radius 2 is 1.61 bits per heavy atom. The first-order valence-corrected chi connectivity index (χ1v) is 11.6. The highest BCUT2D eigenvalue weighted by Gasteiger charge is 2.27. The zero-order chi connectivity index (χ0) is 21.4. The van der Waals surface area contributed by atoms with Gasteiger partial charge in [0, 0.05) is 29.0 Å². The minimum Gasteiger partial charge on any atom is -0.455 e. The Hall–Kier alpha value is -2.30. The van der Waals surface area contributed by atoms with Gasteiger partial charge in [0.2, 0.25) is 5.82 Å². The zero-order valence-corrected chi connectivity index (χ0v) is 18.7. The van der Waals surface area contributed by atoms with Gasteiger partial charge in [-0.2, -0.15) is 0 Å². The van der Waals surface area contributed by atoms with E-state index in [1.54, 1.807) is 6.20 Å². The van der Waals surface area contributed by atoms with Crippen molar-refractivity contribution >= 4 is 29.2 Å². The van der Waals surface area contributed by atoms with Crippen LogP contribution in [-0.4, -0.2) is 15.5 Å². The molecule has 31 heavy (non-hydrogen) atoms. The molecule has 0 spiro atoms. The molecule has 0 aliphatic heterocycles. The molecule has 0 radical (unpaired) electrons. The number of nitrogens with zero attached hydrogens (tertiary/aromatic N) is 2. The van der Waals surface area contributed by atoms with E-state index in [-0.39, 0.29) is 6.61 Å². The molecule has 2 aliphatic rings. The molecule has 1 heterocycles. The number of rotatable bonds is 7. The van der Waals surface area contributed by atoms with Gasteiger partial charge in [0.1, 0.15) is 6.61 Å². The van der Waals surface area contributed by atoms with Gasteiger partial charge in [0.25, 0.3) is 0 Å². The smallest absolute Gasteiger partial charge is 0.374 e. The quantitative estimate of drug-likeness (QED) is 0.371. The van der Waals surface area contributed by atoms with Gasteiger partial charge in [0.05, 0.1) is 0 Å². The first-order chi connectivity index (χ1) is 15.1. The predicted octanol–water partition coefficient (Wildman–Crippen LogP) is 6.74. The minimum atomic E-state index is -0.432. The van der Waals surface area contributed by atoms with Crippen LogP contribution < -0.4 is 0 Å². The number of esters is 1. The summed E-state index contributed by atoms with van der Waals surface area (Å²) in [7, 11) is 0. The van der Waals surface area contributed by atoms with E-state index in [9.17, 15) is 4.79 Å². The highest BCUT2D eigenvalue weighted by atomic mass is 35.5. The fourth-order valence-corrected chi connectivity index (χ4v) is 4.73. The summed E-state index contributed by atoms with van der Waals surface area (Å²) in [6, 6.07) is 11.9. The van der Waals surface area contributed by atoms with Crippen LogP contribution in [0.5, 0.6) is 0 Å². The molecule has 1 aromatic heterocycles. The highest BCUT2D eigenvalue weighted by molar-refractivity contribution is 6.30. The number of hydrogen-bond acceptors (Lipinski definition) is 3. The van der Waals surface area contributed by atoms with Crippen LogP contribution in [0.25, 0.3) is 0 Å². The minimum absolute atomic E-state index is 0.197. The van der Waals surface area contributed by atoms with Gasteiger partial charge in [-0.25, -0.2) is 9.78 Å². The van der Waals surface area contributed by atoms with E-state index in [2.05, 4.69) is 11.1 Å². The lowest BCUT2D eigenvalue weighted by atomic mass is 9.78. The summed E-state index contributed by atoms with van der Waals surface area (Å²) in [5.41, 5.74) is 4.65. The largest absolute Gasteiger partial charge is 0.455 e. The van der Waals surface area contributed by atoms with Crippen LogP contribution in [-0.2, 0) is 17.9 Å². The second kappa shape index (κ2) is 8.68. The monoisotopic (exact) mass is 454 g/mol. The third kappa shape index (κ3) is 4.51. The van der Waals surface area contributed by atoms with Gasteiger partial charge in [-0.3, -0.25) is 0 Å². The van der Waals surface area contributed by atoms with E-state index < -0.39 is 5.97 Å². The van der Waals surface area contributed by atoms with Gasteiger partial charge in [-0.15, -0.1) is 0 Å². The van der Waals surface area contributed by atoms with Crippen molar-refractivity contribution in [3.05, 3.63) is 86.9 Å². The first-order valence-electron chi connectivity index (χ1n) is 10.8. The van der Waals surface area contributed by atoms with Crippen LogP contribution in [0.1, 0.15) is 76.8 Å². The van der Waals surface area contributed by atoms with Crippen molar-refractivity contribution in [2.75, 3.05) is 0 Å². The second-order valence-corrected chi connectivity index (χ2v) is 9.42. The van der Waals surface area contributed by atoms with E-state index in [1.165, 1.54) is 43.2 Å². The molecule has 2 aliphatic carbocycles. The molecule has 0 N–H and O–H groups in total. The van der Waals surface area contributed by atoms with Gasteiger partial charge in [0.15, 0.2) is 0 Å². The molecule has 6 heteroatoms. The summed E-state index contributed by atoms with van der Waals surface area (Å²) in [5, 5.41) is 1.36. The van der Waals surface area contributed by atoms with E-state index in [0.717, 1.165) is 11.1 Å². The second-order valence-electron chi connectivity index (χ2n) is 8.54. The lowest BCUT2D eigenvalue weighted by Gasteiger charge is -2.28. The van der Waals surface area contributed by atoms with Crippen molar-refractivity contribution in [3.63, 3.8) is 0 Å². The van der Waals surface area contributed by atoms with E-state index in [0.29, 0.717) is 34.3 Å². The standard InChI is InChI=1S/C25H24Cl2N2O2/c26-20-6-8-22(16-2-1-3-16)18(12-20)14-29-11-10-28-24(29)25(30)31-15-19-13-21(27)7-9-23(19)17-4-5-17/h6-13,16-17H,1-5,14-15H2. The van der Waals surface area contributed by atoms with Crippen molar-refractivity contribution in [3.8, 4) is 0 Å². The van der Waals surface area contributed by atoms with Gasteiger partial charge >= 0.3 is 5.97 Å². The van der Waals surface area contributed by atoms with Crippen molar-refractivity contribution in [2.45, 2.75) is 57.1 Å². The van der Waals surface area contributed by atoms with E-state index >= 15 is 0 Å². The third-order valence-corrected chi connectivity index (χ3v) is 6.84. The van der Waals surface area contributed by atoms with E-state index in [4.69, 9.17) is 27.9 Å². The van der Waals surface area contributed by atoms with Crippen LogP contribution in [0.3, 0.4) is 0 Å². The molecule has 0 amide bonds. The topological polar surface area (TPSA) is 44.1 Å². The predicted molar refractivity (Wildman–Crippen MR) is 122 cm³/mol. The molecule has 0 unspecified atom stereocenters. The van der Waals surface area contributed by atoms with Crippen LogP contribution >= 0.6 is 23.2 Å². The average molecular weight is 455 g/mol. The van der Waals surface area contributed by atoms with Gasteiger partial charge < -0.3 is 9.30 Å². The number of hydrogen-bond donors (Lipinski definition) is 0. The Balaban J connectivity index is 1.32. The Bertz CT molecular complexity index is 1120. The molecular formula is C25H24Cl2N2O2. The molecule has 2 fully saturated rings. The molecule has 2 saturated carbocycles. The SMILES string of the molecule is O=C(OCc1cc(Cl)ccc1C1CC1)c1nccn1Cc1cc(Cl)ccc1C1CCC1. The third-order valence-electron chi connectivity index (χ3n) is 6.37.